The topological polar surface area (TPSA) is 50.1 Å². The molecule has 17 heavy (non-hydrogen) atoms. The minimum Gasteiger partial charge on any atom is -0.389 e. The van der Waals surface area contributed by atoms with Gasteiger partial charge in [-0.1, -0.05) is 22.0 Å². The standard InChI is InChI=1S/C12H14BrN3O/c13-10-3-1-4-11(7-10)14-8-12(17)9-16-6-2-5-15-16/h1-7,12,14,17H,8-9H2. The highest BCUT2D eigenvalue weighted by Crippen LogP contribution is 2.15. The lowest BCUT2D eigenvalue weighted by Crippen LogP contribution is -2.25. The third-order valence-electron chi connectivity index (χ3n) is 2.32. The summed E-state index contributed by atoms with van der Waals surface area (Å²) in [5, 5.41) is 17.0. The molecule has 0 aliphatic rings. The Bertz CT molecular complexity index is 459. The molecular weight excluding hydrogens is 282 g/mol. The third-order valence-corrected chi connectivity index (χ3v) is 2.82. The van der Waals surface area contributed by atoms with E-state index in [1.165, 1.54) is 0 Å². The lowest BCUT2D eigenvalue weighted by Gasteiger charge is -2.13. The molecule has 0 saturated carbocycles. The van der Waals surface area contributed by atoms with E-state index in [4.69, 9.17) is 0 Å². The summed E-state index contributed by atoms with van der Waals surface area (Å²) in [4.78, 5) is 0. The van der Waals surface area contributed by atoms with Gasteiger partial charge in [0, 0.05) is 29.1 Å². The number of rotatable bonds is 5. The predicted octanol–water partition coefficient (Wildman–Crippen LogP) is 2.12. The van der Waals surface area contributed by atoms with E-state index in [0.29, 0.717) is 13.1 Å². The largest absolute Gasteiger partial charge is 0.389 e. The van der Waals surface area contributed by atoms with Gasteiger partial charge in [0.2, 0.25) is 0 Å². The van der Waals surface area contributed by atoms with Crippen molar-refractivity contribution in [2.75, 3.05) is 11.9 Å². The SMILES string of the molecule is OC(CNc1cccc(Br)c1)Cn1cccn1. The zero-order valence-corrected chi connectivity index (χ0v) is 10.8. The molecule has 0 aliphatic heterocycles. The summed E-state index contributed by atoms with van der Waals surface area (Å²) in [5.74, 6) is 0. The van der Waals surface area contributed by atoms with E-state index in [9.17, 15) is 5.11 Å². The molecule has 4 nitrogen and oxygen atoms in total. The summed E-state index contributed by atoms with van der Waals surface area (Å²) >= 11 is 3.40. The average molecular weight is 296 g/mol. The maximum Gasteiger partial charge on any atom is 0.0907 e. The fourth-order valence-corrected chi connectivity index (χ4v) is 1.92. The van der Waals surface area contributed by atoms with Crippen LogP contribution in [0.1, 0.15) is 0 Å². The Morgan fingerprint density at radius 1 is 1.41 bits per heavy atom. The first-order chi connectivity index (χ1) is 8.24. The summed E-state index contributed by atoms with van der Waals surface area (Å²) in [6.45, 7) is 0.990. The van der Waals surface area contributed by atoms with Gasteiger partial charge in [0.15, 0.2) is 0 Å². The van der Waals surface area contributed by atoms with Gasteiger partial charge in [0.25, 0.3) is 0 Å². The molecule has 1 aromatic carbocycles. The molecule has 1 aromatic heterocycles. The van der Waals surface area contributed by atoms with Crippen molar-refractivity contribution in [2.24, 2.45) is 0 Å². The number of hydrogen-bond acceptors (Lipinski definition) is 3. The molecule has 0 spiro atoms. The van der Waals surface area contributed by atoms with Crippen molar-refractivity contribution in [3.05, 3.63) is 47.2 Å². The van der Waals surface area contributed by atoms with E-state index in [1.54, 1.807) is 10.9 Å². The molecule has 90 valence electrons. The molecule has 1 unspecified atom stereocenters. The number of hydrogen-bond donors (Lipinski definition) is 2. The van der Waals surface area contributed by atoms with Crippen molar-refractivity contribution in [1.29, 1.82) is 0 Å². The van der Waals surface area contributed by atoms with Crippen molar-refractivity contribution in [3.63, 3.8) is 0 Å². The van der Waals surface area contributed by atoms with Crippen molar-refractivity contribution in [3.8, 4) is 0 Å². The van der Waals surface area contributed by atoms with Crippen LogP contribution in [0.5, 0.6) is 0 Å². The van der Waals surface area contributed by atoms with Gasteiger partial charge in [-0.2, -0.15) is 5.10 Å². The number of anilines is 1. The molecule has 0 radical (unpaired) electrons. The number of aliphatic hydroxyl groups is 1. The highest BCUT2D eigenvalue weighted by Gasteiger charge is 2.05. The summed E-state index contributed by atoms with van der Waals surface area (Å²) in [6, 6.07) is 9.69. The first-order valence-electron chi connectivity index (χ1n) is 5.39. The van der Waals surface area contributed by atoms with E-state index < -0.39 is 6.10 Å². The van der Waals surface area contributed by atoms with Gasteiger partial charge in [-0.05, 0) is 24.3 Å². The van der Waals surface area contributed by atoms with E-state index in [0.717, 1.165) is 10.2 Å². The lowest BCUT2D eigenvalue weighted by molar-refractivity contribution is 0.161. The van der Waals surface area contributed by atoms with Gasteiger partial charge < -0.3 is 10.4 Å². The van der Waals surface area contributed by atoms with Crippen LogP contribution in [0.3, 0.4) is 0 Å². The molecule has 2 N–H and O–H groups in total. The van der Waals surface area contributed by atoms with Crippen LogP contribution < -0.4 is 5.32 Å². The zero-order valence-electron chi connectivity index (χ0n) is 9.25. The minimum absolute atomic E-state index is 0.464. The van der Waals surface area contributed by atoms with Crippen LogP contribution >= 0.6 is 15.9 Å². The van der Waals surface area contributed by atoms with Crippen molar-refractivity contribution in [1.82, 2.24) is 9.78 Å². The molecular formula is C12H14BrN3O. The number of aromatic nitrogens is 2. The van der Waals surface area contributed by atoms with Crippen LogP contribution in [0.4, 0.5) is 5.69 Å². The first kappa shape index (κ1) is 12.1. The summed E-state index contributed by atoms with van der Waals surface area (Å²) in [5.41, 5.74) is 0.985. The van der Waals surface area contributed by atoms with Crippen molar-refractivity contribution < 1.29 is 5.11 Å². The number of aliphatic hydroxyl groups excluding tert-OH is 1. The second-order valence-corrected chi connectivity index (χ2v) is 4.69. The van der Waals surface area contributed by atoms with Gasteiger partial charge in [-0.15, -0.1) is 0 Å². The van der Waals surface area contributed by atoms with E-state index in [-0.39, 0.29) is 0 Å². The first-order valence-corrected chi connectivity index (χ1v) is 6.18. The summed E-state index contributed by atoms with van der Waals surface area (Å²) in [7, 11) is 0. The van der Waals surface area contributed by atoms with E-state index in [2.05, 4.69) is 26.3 Å². The Kier molecular flexibility index (Phi) is 4.17. The second kappa shape index (κ2) is 5.84. The molecule has 0 fully saturated rings. The smallest absolute Gasteiger partial charge is 0.0907 e. The van der Waals surface area contributed by atoms with Gasteiger partial charge in [-0.25, -0.2) is 0 Å². The van der Waals surface area contributed by atoms with Crippen LogP contribution in [-0.4, -0.2) is 27.5 Å². The quantitative estimate of drug-likeness (QED) is 0.888. The lowest BCUT2D eigenvalue weighted by atomic mass is 10.3. The highest BCUT2D eigenvalue weighted by molar-refractivity contribution is 9.10. The fourth-order valence-electron chi connectivity index (χ4n) is 1.52. The minimum atomic E-state index is -0.464. The molecule has 1 atom stereocenters. The molecule has 5 heteroatoms. The number of benzene rings is 1. The maximum absolute atomic E-state index is 9.82. The molecule has 0 bridgehead atoms. The van der Waals surface area contributed by atoms with Crippen LogP contribution in [0.15, 0.2) is 47.2 Å². The molecule has 0 saturated heterocycles. The molecule has 0 aliphatic carbocycles. The molecule has 2 rings (SSSR count). The Balaban J connectivity index is 1.82. The normalized spacial score (nSPS) is 12.4. The third kappa shape index (κ3) is 3.87. The fraction of sp³-hybridized carbons (Fsp3) is 0.250. The Morgan fingerprint density at radius 3 is 3.00 bits per heavy atom. The maximum atomic E-state index is 9.82. The number of nitrogens with zero attached hydrogens (tertiary/aromatic N) is 2. The van der Waals surface area contributed by atoms with Gasteiger partial charge >= 0.3 is 0 Å². The predicted molar refractivity (Wildman–Crippen MR) is 70.9 cm³/mol. The molecule has 0 amide bonds. The number of nitrogens with one attached hydrogen (secondary N) is 1. The average Bonchev–Trinajstić information content (AvgIpc) is 2.79. The van der Waals surface area contributed by atoms with Crippen LogP contribution in [0.25, 0.3) is 0 Å². The van der Waals surface area contributed by atoms with E-state index >= 15 is 0 Å². The summed E-state index contributed by atoms with van der Waals surface area (Å²) in [6.07, 6.45) is 3.07. The zero-order chi connectivity index (χ0) is 12.1. The van der Waals surface area contributed by atoms with Gasteiger partial charge in [-0.3, -0.25) is 4.68 Å². The molecule has 1 heterocycles. The van der Waals surface area contributed by atoms with Crippen molar-refractivity contribution in [2.45, 2.75) is 12.6 Å². The monoisotopic (exact) mass is 295 g/mol. The van der Waals surface area contributed by atoms with E-state index in [1.807, 2.05) is 36.5 Å². The van der Waals surface area contributed by atoms with Crippen LogP contribution in [0.2, 0.25) is 0 Å². The van der Waals surface area contributed by atoms with Crippen LogP contribution in [0, 0.1) is 0 Å². The van der Waals surface area contributed by atoms with Crippen LogP contribution in [-0.2, 0) is 6.54 Å². The second-order valence-electron chi connectivity index (χ2n) is 3.77. The van der Waals surface area contributed by atoms with Crippen molar-refractivity contribution >= 4 is 21.6 Å². The Morgan fingerprint density at radius 2 is 2.29 bits per heavy atom. The Hall–Kier alpha value is -1.33. The molecule has 2 aromatic rings. The highest BCUT2D eigenvalue weighted by atomic mass is 79.9. The number of halogens is 1. The van der Waals surface area contributed by atoms with Gasteiger partial charge in [0.1, 0.15) is 0 Å². The summed E-state index contributed by atoms with van der Waals surface area (Å²) < 4.78 is 2.73. The van der Waals surface area contributed by atoms with Gasteiger partial charge in [0.05, 0.1) is 12.6 Å². The Labute approximate surface area is 108 Å².